The van der Waals surface area contributed by atoms with Crippen molar-refractivity contribution in [2.75, 3.05) is 26.0 Å². The Bertz CT molecular complexity index is 1290. The van der Waals surface area contributed by atoms with Gasteiger partial charge >= 0.3 is 0 Å². The highest BCUT2D eigenvalue weighted by atomic mass is 16.3. The molecule has 1 saturated heterocycles. The largest absolute Gasteiger partial charge is 0.373 e. The van der Waals surface area contributed by atoms with Gasteiger partial charge in [-0.1, -0.05) is 17.9 Å². The van der Waals surface area contributed by atoms with Crippen LogP contribution in [0.5, 0.6) is 0 Å². The number of nitrogens with zero attached hydrogens (tertiary/aromatic N) is 5. The lowest BCUT2D eigenvalue weighted by molar-refractivity contribution is -0.129. The van der Waals surface area contributed by atoms with Gasteiger partial charge in [0.2, 0.25) is 5.54 Å². The molecule has 0 bridgehead atoms. The van der Waals surface area contributed by atoms with Crippen molar-refractivity contribution in [3.63, 3.8) is 0 Å². The molecule has 4 rings (SSSR count). The Labute approximate surface area is 177 Å². The fourth-order valence-electron chi connectivity index (χ4n) is 3.59. The average molecular weight is 417 g/mol. The van der Waals surface area contributed by atoms with E-state index < -0.39 is 17.4 Å². The maximum atomic E-state index is 12.3. The zero-order valence-corrected chi connectivity index (χ0v) is 16.9. The molecule has 1 aliphatic heterocycles. The summed E-state index contributed by atoms with van der Waals surface area (Å²) in [5, 5.41) is 10.9. The first kappa shape index (κ1) is 20.0. The van der Waals surface area contributed by atoms with E-state index in [9.17, 15) is 14.5 Å². The Morgan fingerprint density at radius 3 is 2.81 bits per heavy atom. The fraction of sp³-hybridized carbons (Fsp3) is 0.238. The number of hydrogen-bond acceptors (Lipinski definition) is 7. The number of nitrogens with one attached hydrogen (secondary N) is 1. The molecule has 156 valence electrons. The highest BCUT2D eigenvalue weighted by Gasteiger charge is 2.46. The molecule has 10 heteroatoms. The van der Waals surface area contributed by atoms with E-state index in [0.717, 1.165) is 0 Å². The van der Waals surface area contributed by atoms with Gasteiger partial charge in [-0.2, -0.15) is 5.10 Å². The number of aromatic nitrogens is 3. The second-order valence-electron chi connectivity index (χ2n) is 7.16. The molecular weight excluding hydrogens is 398 g/mol. The first-order chi connectivity index (χ1) is 14.9. The van der Waals surface area contributed by atoms with Crippen molar-refractivity contribution in [3.05, 3.63) is 52.7 Å². The predicted octanol–water partition coefficient (Wildman–Crippen LogP) is 1.28. The summed E-state index contributed by atoms with van der Waals surface area (Å²) in [5.74, 6) is 5.05. The van der Waals surface area contributed by atoms with Gasteiger partial charge in [-0.25, -0.2) is 9.67 Å². The second-order valence-corrected chi connectivity index (χ2v) is 7.16. The number of nitrogens with two attached hydrogens (primary N) is 1. The Hall–Kier alpha value is -4.26. The number of likely N-dealkylation sites (tertiary alicyclic amines) is 1. The highest BCUT2D eigenvalue weighted by Crippen LogP contribution is 2.28. The molecule has 1 aromatic carbocycles. The molecule has 3 heterocycles. The maximum absolute atomic E-state index is 12.3. The van der Waals surface area contributed by atoms with E-state index >= 15 is 0 Å². The van der Waals surface area contributed by atoms with Crippen molar-refractivity contribution in [2.24, 2.45) is 10.9 Å². The summed E-state index contributed by atoms with van der Waals surface area (Å²) in [6.07, 6.45) is 1.85. The lowest BCUT2D eigenvalue weighted by Gasteiger charge is -2.11. The molecule has 0 saturated carbocycles. The van der Waals surface area contributed by atoms with E-state index in [4.69, 9.17) is 5.73 Å². The van der Waals surface area contributed by atoms with Gasteiger partial charge in [-0.15, -0.1) is 4.91 Å². The summed E-state index contributed by atoms with van der Waals surface area (Å²) in [7, 11) is 3.31. The molecule has 1 atom stereocenters. The minimum Gasteiger partial charge on any atom is -0.373 e. The Morgan fingerprint density at radius 2 is 2.16 bits per heavy atom. The molecule has 2 aromatic heterocycles. The number of likely N-dealkylation sites (N-methyl/N-ethyl adjacent to an activating group) is 1. The number of pyridine rings is 1. The van der Waals surface area contributed by atoms with Gasteiger partial charge in [0.25, 0.3) is 11.8 Å². The first-order valence-electron chi connectivity index (χ1n) is 9.49. The molecule has 1 aliphatic rings. The minimum atomic E-state index is -1.56. The number of anilines is 1. The van der Waals surface area contributed by atoms with Crippen LogP contribution >= 0.6 is 0 Å². The third kappa shape index (κ3) is 3.26. The summed E-state index contributed by atoms with van der Waals surface area (Å²) < 4.78 is 1.57. The van der Waals surface area contributed by atoms with Crippen molar-refractivity contribution in [2.45, 2.75) is 12.0 Å². The van der Waals surface area contributed by atoms with Gasteiger partial charge in [0.05, 0.1) is 16.6 Å². The smallest absolute Gasteiger partial charge is 0.270 e. The summed E-state index contributed by atoms with van der Waals surface area (Å²) in [6, 6.07) is 8.78. The molecule has 0 unspecified atom stereocenters. The van der Waals surface area contributed by atoms with Crippen molar-refractivity contribution < 1.29 is 9.59 Å². The van der Waals surface area contributed by atoms with Crippen molar-refractivity contribution >= 4 is 28.5 Å². The normalized spacial score (nSPS) is 18.0. The van der Waals surface area contributed by atoms with Crippen LogP contribution in [0.25, 0.3) is 16.6 Å². The number of rotatable bonds is 4. The predicted molar refractivity (Wildman–Crippen MR) is 115 cm³/mol. The average Bonchev–Trinajstić information content (AvgIpc) is 3.31. The molecule has 0 aliphatic carbocycles. The van der Waals surface area contributed by atoms with Crippen LogP contribution in [0.15, 0.2) is 41.7 Å². The zero-order chi connectivity index (χ0) is 22.2. The lowest BCUT2D eigenvalue weighted by Crippen LogP contribution is -2.35. The molecule has 2 amide bonds. The van der Waals surface area contributed by atoms with Crippen molar-refractivity contribution in [3.8, 4) is 17.5 Å². The fourth-order valence-corrected chi connectivity index (χ4v) is 3.59. The van der Waals surface area contributed by atoms with Crippen molar-refractivity contribution in [1.82, 2.24) is 19.7 Å². The van der Waals surface area contributed by atoms with Crippen LogP contribution < -0.4 is 11.1 Å². The number of carbonyl (C=O) groups is 2. The second kappa shape index (κ2) is 7.53. The van der Waals surface area contributed by atoms with Crippen LogP contribution in [0.2, 0.25) is 0 Å². The quantitative estimate of drug-likeness (QED) is 0.485. The summed E-state index contributed by atoms with van der Waals surface area (Å²) in [4.78, 5) is 41.3. The van der Waals surface area contributed by atoms with Gasteiger partial charge in [-0.3, -0.25) is 9.59 Å². The Kier molecular flexibility index (Phi) is 4.87. The number of benzene rings is 1. The zero-order valence-electron chi connectivity index (χ0n) is 16.9. The molecular formula is C21H19N7O3. The number of nitroso groups, excluding NO2 is 1. The Morgan fingerprint density at radius 1 is 1.35 bits per heavy atom. The number of primary amides is 1. The van der Waals surface area contributed by atoms with Crippen LogP contribution in [0, 0.1) is 16.7 Å². The van der Waals surface area contributed by atoms with Crippen LogP contribution in [0.1, 0.15) is 22.5 Å². The minimum absolute atomic E-state index is 0.0904. The number of carbonyl (C=O) groups excluding carboxylic acids is 2. The first-order valence-corrected chi connectivity index (χ1v) is 9.49. The van der Waals surface area contributed by atoms with Gasteiger partial charge < -0.3 is 16.0 Å². The Balaban J connectivity index is 1.81. The van der Waals surface area contributed by atoms with E-state index in [1.807, 2.05) is 0 Å². The maximum Gasteiger partial charge on any atom is 0.270 e. The van der Waals surface area contributed by atoms with E-state index in [1.54, 1.807) is 55.3 Å². The van der Waals surface area contributed by atoms with Crippen LogP contribution in [0.3, 0.4) is 0 Å². The van der Waals surface area contributed by atoms with Gasteiger partial charge in [0.1, 0.15) is 5.82 Å². The monoisotopic (exact) mass is 417 g/mol. The molecule has 3 N–H and O–H groups in total. The summed E-state index contributed by atoms with van der Waals surface area (Å²) in [5.41, 5.74) is 5.88. The SMILES string of the molecule is CNc1nccc2c1c(C(N)=O)nn2-c1cccc(C#C[C@]2(N=O)CCN(C)C2=O)c1. The molecule has 0 spiro atoms. The third-order valence-corrected chi connectivity index (χ3v) is 5.23. The van der Waals surface area contributed by atoms with Crippen LogP contribution in [0.4, 0.5) is 5.82 Å². The number of amides is 2. The number of hydrogen-bond donors (Lipinski definition) is 2. The van der Waals surface area contributed by atoms with Gasteiger partial charge in [0, 0.05) is 38.8 Å². The molecule has 1 fully saturated rings. The van der Waals surface area contributed by atoms with Crippen LogP contribution in [-0.4, -0.2) is 57.7 Å². The molecule has 31 heavy (non-hydrogen) atoms. The van der Waals surface area contributed by atoms with E-state index in [0.29, 0.717) is 34.5 Å². The van der Waals surface area contributed by atoms with E-state index in [2.05, 4.69) is 32.4 Å². The van der Waals surface area contributed by atoms with Gasteiger partial charge in [-0.05, 0) is 29.4 Å². The third-order valence-electron chi connectivity index (χ3n) is 5.23. The van der Waals surface area contributed by atoms with Crippen LogP contribution in [-0.2, 0) is 4.79 Å². The molecule has 0 radical (unpaired) electrons. The summed E-state index contributed by atoms with van der Waals surface area (Å²) >= 11 is 0. The summed E-state index contributed by atoms with van der Waals surface area (Å²) in [6.45, 7) is 0.427. The van der Waals surface area contributed by atoms with E-state index in [-0.39, 0.29) is 12.1 Å². The number of fused-ring (bicyclic) bond motifs is 1. The van der Waals surface area contributed by atoms with Crippen molar-refractivity contribution in [1.29, 1.82) is 0 Å². The highest BCUT2D eigenvalue weighted by molar-refractivity contribution is 6.08. The van der Waals surface area contributed by atoms with E-state index in [1.165, 1.54) is 4.90 Å². The molecule has 10 nitrogen and oxygen atoms in total. The molecule has 3 aromatic rings. The standard InChI is InChI=1S/C21H19N7O3/c1-23-19-16-15(7-10-24-19)28(25-17(16)18(22)29)14-5-3-4-13(12-14)6-8-21(26-31)9-11-27(2)20(21)30/h3-5,7,10,12H,9,11H2,1-2H3,(H2,22,29)(H,23,24)/t21-/m0/s1. The van der Waals surface area contributed by atoms with Gasteiger partial charge in [0.15, 0.2) is 5.69 Å². The lowest BCUT2D eigenvalue weighted by atomic mass is 9.99. The topological polar surface area (TPSA) is 136 Å².